The maximum Gasteiger partial charge on any atom is 0.146 e. The SMILES string of the molecule is CCC(NCc1cccc(Cl)c1F)c1ccccc1OC. The van der Waals surface area contributed by atoms with Gasteiger partial charge in [0.25, 0.3) is 0 Å². The summed E-state index contributed by atoms with van der Waals surface area (Å²) in [5, 5.41) is 3.52. The first-order valence-corrected chi connectivity index (χ1v) is 7.34. The molecule has 0 radical (unpaired) electrons. The first-order chi connectivity index (χ1) is 10.2. The normalized spacial score (nSPS) is 12.2. The quantitative estimate of drug-likeness (QED) is 0.833. The third-order valence-electron chi connectivity index (χ3n) is 3.49. The molecule has 112 valence electrons. The molecule has 0 aliphatic carbocycles. The highest BCUT2D eigenvalue weighted by Gasteiger charge is 2.14. The Morgan fingerprint density at radius 3 is 2.67 bits per heavy atom. The Hall–Kier alpha value is -1.58. The molecule has 0 aliphatic rings. The van der Waals surface area contributed by atoms with Crippen LogP contribution >= 0.6 is 11.6 Å². The number of para-hydroxylation sites is 1. The van der Waals surface area contributed by atoms with Crippen molar-refractivity contribution in [3.05, 3.63) is 64.4 Å². The van der Waals surface area contributed by atoms with Gasteiger partial charge < -0.3 is 10.1 Å². The average Bonchev–Trinajstić information content (AvgIpc) is 2.52. The van der Waals surface area contributed by atoms with Gasteiger partial charge in [-0.3, -0.25) is 0 Å². The van der Waals surface area contributed by atoms with Gasteiger partial charge in [0.2, 0.25) is 0 Å². The van der Waals surface area contributed by atoms with Crippen LogP contribution in [-0.4, -0.2) is 7.11 Å². The van der Waals surface area contributed by atoms with Crippen molar-refractivity contribution in [2.24, 2.45) is 0 Å². The number of hydrogen-bond donors (Lipinski definition) is 1. The highest BCUT2D eigenvalue weighted by Crippen LogP contribution is 2.27. The van der Waals surface area contributed by atoms with Crippen LogP contribution in [0.3, 0.4) is 0 Å². The first-order valence-electron chi connectivity index (χ1n) is 6.96. The molecule has 0 aliphatic heterocycles. The molecule has 2 aromatic rings. The van der Waals surface area contributed by atoms with Gasteiger partial charge in [-0.25, -0.2) is 4.39 Å². The molecule has 0 fully saturated rings. The smallest absolute Gasteiger partial charge is 0.146 e. The Labute approximate surface area is 129 Å². The number of ether oxygens (including phenoxy) is 1. The number of methoxy groups -OCH3 is 1. The number of benzene rings is 2. The van der Waals surface area contributed by atoms with Gasteiger partial charge in [0.1, 0.15) is 11.6 Å². The van der Waals surface area contributed by atoms with Crippen LogP contribution in [0.1, 0.15) is 30.5 Å². The van der Waals surface area contributed by atoms with Gasteiger partial charge in [0.05, 0.1) is 12.1 Å². The lowest BCUT2D eigenvalue weighted by Gasteiger charge is -2.20. The summed E-state index contributed by atoms with van der Waals surface area (Å²) in [4.78, 5) is 0. The molecule has 4 heteroatoms. The standard InChI is InChI=1S/C17H19ClFNO/c1-3-15(13-8-4-5-10-16(13)21-2)20-11-12-7-6-9-14(18)17(12)19/h4-10,15,20H,3,11H2,1-2H3. The largest absolute Gasteiger partial charge is 0.496 e. The summed E-state index contributed by atoms with van der Waals surface area (Å²) in [7, 11) is 1.65. The van der Waals surface area contributed by atoms with E-state index in [4.69, 9.17) is 16.3 Å². The minimum absolute atomic E-state index is 0.0968. The van der Waals surface area contributed by atoms with E-state index in [0.717, 1.165) is 17.7 Å². The fourth-order valence-electron chi connectivity index (χ4n) is 2.35. The zero-order chi connectivity index (χ0) is 15.2. The molecule has 0 saturated heterocycles. The van der Waals surface area contributed by atoms with Gasteiger partial charge in [0, 0.05) is 23.7 Å². The summed E-state index contributed by atoms with van der Waals surface area (Å²) >= 11 is 5.80. The fraction of sp³-hybridized carbons (Fsp3) is 0.294. The predicted molar refractivity (Wildman–Crippen MR) is 84.3 cm³/mol. The number of halogens is 2. The van der Waals surface area contributed by atoms with E-state index in [-0.39, 0.29) is 16.9 Å². The van der Waals surface area contributed by atoms with Gasteiger partial charge >= 0.3 is 0 Å². The van der Waals surface area contributed by atoms with Crippen molar-refractivity contribution in [1.29, 1.82) is 0 Å². The van der Waals surface area contributed by atoms with Gasteiger partial charge in [-0.15, -0.1) is 0 Å². The summed E-state index contributed by atoms with van der Waals surface area (Å²) in [5.74, 6) is 0.477. The zero-order valence-corrected chi connectivity index (χ0v) is 13.0. The summed E-state index contributed by atoms with van der Waals surface area (Å²) in [6.07, 6.45) is 0.878. The van der Waals surface area contributed by atoms with Gasteiger partial charge in [-0.2, -0.15) is 0 Å². The molecule has 2 nitrogen and oxygen atoms in total. The minimum atomic E-state index is -0.360. The van der Waals surface area contributed by atoms with Crippen LogP contribution in [0.5, 0.6) is 5.75 Å². The molecule has 0 heterocycles. The molecule has 2 rings (SSSR count). The lowest BCUT2D eigenvalue weighted by molar-refractivity contribution is 0.396. The van der Waals surface area contributed by atoms with E-state index < -0.39 is 0 Å². The van der Waals surface area contributed by atoms with Crippen LogP contribution in [-0.2, 0) is 6.54 Å². The Morgan fingerprint density at radius 2 is 1.95 bits per heavy atom. The second-order valence-electron chi connectivity index (χ2n) is 4.80. The molecule has 2 aromatic carbocycles. The summed E-state index contributed by atoms with van der Waals surface area (Å²) in [5.41, 5.74) is 1.64. The van der Waals surface area contributed by atoms with E-state index in [9.17, 15) is 4.39 Å². The predicted octanol–water partition coefficient (Wildman–Crippen LogP) is 4.73. The van der Waals surface area contributed by atoms with Crippen molar-refractivity contribution >= 4 is 11.6 Å². The number of nitrogens with one attached hydrogen (secondary N) is 1. The number of hydrogen-bond acceptors (Lipinski definition) is 2. The van der Waals surface area contributed by atoms with Crippen LogP contribution in [0.2, 0.25) is 5.02 Å². The maximum atomic E-state index is 13.9. The van der Waals surface area contributed by atoms with Crippen molar-refractivity contribution in [2.75, 3.05) is 7.11 Å². The summed E-state index contributed by atoms with van der Waals surface area (Å²) in [6.45, 7) is 2.50. The molecule has 1 atom stereocenters. The highest BCUT2D eigenvalue weighted by molar-refractivity contribution is 6.30. The lowest BCUT2D eigenvalue weighted by atomic mass is 10.0. The van der Waals surface area contributed by atoms with Crippen LogP contribution in [0.15, 0.2) is 42.5 Å². The minimum Gasteiger partial charge on any atom is -0.496 e. The molecule has 1 unspecified atom stereocenters. The summed E-state index contributed by atoms with van der Waals surface area (Å²) in [6, 6.07) is 13.0. The van der Waals surface area contributed by atoms with Crippen molar-refractivity contribution in [2.45, 2.75) is 25.9 Å². The molecule has 1 N–H and O–H groups in total. The highest BCUT2D eigenvalue weighted by atomic mass is 35.5. The molecule has 21 heavy (non-hydrogen) atoms. The van der Waals surface area contributed by atoms with Crippen LogP contribution < -0.4 is 10.1 Å². The van der Waals surface area contributed by atoms with E-state index in [1.165, 1.54) is 0 Å². The molecule has 0 saturated carbocycles. The van der Waals surface area contributed by atoms with E-state index in [1.807, 2.05) is 24.3 Å². The van der Waals surface area contributed by atoms with Crippen molar-refractivity contribution in [3.8, 4) is 5.75 Å². The molecule has 0 aromatic heterocycles. The van der Waals surface area contributed by atoms with Gasteiger partial charge in [-0.1, -0.05) is 48.9 Å². The molecular weight excluding hydrogens is 289 g/mol. The Balaban J connectivity index is 2.14. The summed E-state index contributed by atoms with van der Waals surface area (Å²) < 4.78 is 19.3. The molecular formula is C17H19ClFNO. The zero-order valence-electron chi connectivity index (χ0n) is 12.2. The second-order valence-corrected chi connectivity index (χ2v) is 5.20. The second kappa shape index (κ2) is 7.43. The van der Waals surface area contributed by atoms with E-state index in [2.05, 4.69) is 12.2 Å². The van der Waals surface area contributed by atoms with Gasteiger partial charge in [0.15, 0.2) is 0 Å². The Bertz CT molecular complexity index is 603. The van der Waals surface area contributed by atoms with E-state index in [0.29, 0.717) is 12.1 Å². The van der Waals surface area contributed by atoms with E-state index >= 15 is 0 Å². The average molecular weight is 308 g/mol. The topological polar surface area (TPSA) is 21.3 Å². The van der Waals surface area contributed by atoms with Crippen LogP contribution in [0.4, 0.5) is 4.39 Å². The Morgan fingerprint density at radius 1 is 1.19 bits per heavy atom. The molecule has 0 amide bonds. The first kappa shape index (κ1) is 15.8. The third-order valence-corrected chi connectivity index (χ3v) is 3.78. The van der Waals surface area contributed by atoms with E-state index in [1.54, 1.807) is 25.3 Å². The van der Waals surface area contributed by atoms with Crippen molar-refractivity contribution < 1.29 is 9.13 Å². The lowest BCUT2D eigenvalue weighted by Crippen LogP contribution is -2.21. The molecule has 0 spiro atoms. The van der Waals surface area contributed by atoms with Crippen molar-refractivity contribution in [3.63, 3.8) is 0 Å². The van der Waals surface area contributed by atoms with Crippen LogP contribution in [0.25, 0.3) is 0 Å². The maximum absolute atomic E-state index is 13.9. The van der Waals surface area contributed by atoms with Crippen molar-refractivity contribution in [1.82, 2.24) is 5.32 Å². The Kier molecular flexibility index (Phi) is 5.59. The molecule has 0 bridgehead atoms. The fourth-order valence-corrected chi connectivity index (χ4v) is 2.54. The third kappa shape index (κ3) is 3.74. The monoisotopic (exact) mass is 307 g/mol. The van der Waals surface area contributed by atoms with Crippen LogP contribution in [0, 0.1) is 5.82 Å². The van der Waals surface area contributed by atoms with Gasteiger partial charge in [-0.05, 0) is 18.6 Å². The number of rotatable bonds is 6.